The van der Waals surface area contributed by atoms with E-state index in [1.807, 2.05) is 0 Å². The Labute approximate surface area is 109 Å². The predicted octanol–water partition coefficient (Wildman–Crippen LogP) is 2.44. The summed E-state index contributed by atoms with van der Waals surface area (Å²) >= 11 is 0. The molecule has 2 rings (SSSR count). The number of primary amides is 1. The molecule has 0 saturated heterocycles. The Morgan fingerprint density at radius 3 is 2.26 bits per heavy atom. The number of anilines is 2. The minimum Gasteiger partial charge on any atom is -0.366 e. The van der Waals surface area contributed by atoms with Crippen LogP contribution in [0.1, 0.15) is 10.4 Å². The van der Waals surface area contributed by atoms with Gasteiger partial charge in [0.05, 0.1) is 16.2 Å². The van der Waals surface area contributed by atoms with Crippen LogP contribution in [0.3, 0.4) is 0 Å². The van der Waals surface area contributed by atoms with Gasteiger partial charge in [0, 0.05) is 6.07 Å². The molecule has 1 amide bonds. The zero-order valence-corrected chi connectivity index (χ0v) is 9.87. The lowest BCUT2D eigenvalue weighted by molar-refractivity contribution is -0.383. The van der Waals surface area contributed by atoms with E-state index < -0.39 is 10.8 Å². The number of nitro benzene ring substituents is 1. The third kappa shape index (κ3) is 2.68. The second-order valence-corrected chi connectivity index (χ2v) is 3.81. The van der Waals surface area contributed by atoms with Crippen LogP contribution in [0.4, 0.5) is 17.1 Å². The van der Waals surface area contributed by atoms with Gasteiger partial charge in [0.1, 0.15) is 5.69 Å². The number of nitro groups is 1. The number of hydrogen-bond donors (Lipinski definition) is 2. The highest BCUT2D eigenvalue weighted by Gasteiger charge is 2.14. The van der Waals surface area contributed by atoms with E-state index >= 15 is 0 Å². The molecule has 0 aliphatic rings. The first-order valence-electron chi connectivity index (χ1n) is 5.49. The molecule has 0 atom stereocenters. The van der Waals surface area contributed by atoms with Gasteiger partial charge in [-0.1, -0.05) is 24.3 Å². The second-order valence-electron chi connectivity index (χ2n) is 3.81. The number of nitrogens with two attached hydrogens (primary N) is 1. The molecule has 2 aromatic rings. The molecule has 0 aliphatic carbocycles. The van der Waals surface area contributed by atoms with Crippen LogP contribution < -0.4 is 11.1 Å². The summed E-state index contributed by atoms with van der Waals surface area (Å²) in [5.74, 6) is -0.596. The SMILES string of the molecule is NC(=O)c1ccccc1Nc1ccccc1[N+](=O)[O-]. The molecule has 0 radical (unpaired) electrons. The first-order valence-corrected chi connectivity index (χ1v) is 5.49. The van der Waals surface area contributed by atoms with Gasteiger partial charge in [-0.3, -0.25) is 14.9 Å². The highest BCUT2D eigenvalue weighted by molar-refractivity contribution is 5.99. The monoisotopic (exact) mass is 257 g/mol. The molecule has 96 valence electrons. The van der Waals surface area contributed by atoms with Crippen molar-refractivity contribution in [2.45, 2.75) is 0 Å². The Kier molecular flexibility index (Phi) is 3.42. The second kappa shape index (κ2) is 5.18. The van der Waals surface area contributed by atoms with Crippen molar-refractivity contribution in [3.63, 3.8) is 0 Å². The highest BCUT2D eigenvalue weighted by Crippen LogP contribution is 2.28. The lowest BCUT2D eigenvalue weighted by Gasteiger charge is -2.09. The molecule has 2 aromatic carbocycles. The largest absolute Gasteiger partial charge is 0.366 e. The molecule has 19 heavy (non-hydrogen) atoms. The molecule has 6 nitrogen and oxygen atoms in total. The van der Waals surface area contributed by atoms with Crippen LogP contribution in [-0.2, 0) is 0 Å². The number of carbonyl (C=O) groups excluding carboxylic acids is 1. The van der Waals surface area contributed by atoms with E-state index in [-0.39, 0.29) is 11.3 Å². The Hall–Kier alpha value is -2.89. The van der Waals surface area contributed by atoms with Crippen LogP contribution in [0.2, 0.25) is 0 Å². The maximum Gasteiger partial charge on any atom is 0.292 e. The third-order valence-electron chi connectivity index (χ3n) is 2.56. The van der Waals surface area contributed by atoms with Crippen molar-refractivity contribution in [1.82, 2.24) is 0 Å². The lowest BCUT2D eigenvalue weighted by Crippen LogP contribution is -2.13. The fourth-order valence-corrected chi connectivity index (χ4v) is 1.69. The van der Waals surface area contributed by atoms with Crippen LogP contribution in [0, 0.1) is 10.1 Å². The molecule has 0 unspecified atom stereocenters. The molecular weight excluding hydrogens is 246 g/mol. The summed E-state index contributed by atoms with van der Waals surface area (Å²) in [4.78, 5) is 21.7. The maximum absolute atomic E-state index is 11.3. The van der Waals surface area contributed by atoms with Gasteiger partial charge >= 0.3 is 0 Å². The first kappa shape index (κ1) is 12.6. The number of nitrogens with one attached hydrogen (secondary N) is 1. The number of rotatable bonds is 4. The molecular formula is C13H11N3O3. The Morgan fingerprint density at radius 2 is 1.63 bits per heavy atom. The Morgan fingerprint density at radius 1 is 1.05 bits per heavy atom. The minimum absolute atomic E-state index is 0.0678. The standard InChI is InChI=1S/C13H11N3O3/c14-13(17)9-5-1-2-6-10(9)15-11-7-3-4-8-12(11)16(18)19/h1-8,15H,(H2,14,17). The summed E-state index contributed by atoms with van der Waals surface area (Å²) in [5, 5.41) is 13.8. The van der Waals surface area contributed by atoms with Crippen molar-refractivity contribution in [1.29, 1.82) is 0 Å². The molecule has 0 saturated carbocycles. The average Bonchev–Trinajstić information content (AvgIpc) is 2.39. The van der Waals surface area contributed by atoms with Gasteiger partial charge in [-0.05, 0) is 18.2 Å². The van der Waals surface area contributed by atoms with Crippen molar-refractivity contribution >= 4 is 23.0 Å². The maximum atomic E-state index is 11.3. The number of benzene rings is 2. The van der Waals surface area contributed by atoms with Crippen LogP contribution in [0.25, 0.3) is 0 Å². The van der Waals surface area contributed by atoms with Gasteiger partial charge in [-0.15, -0.1) is 0 Å². The van der Waals surface area contributed by atoms with Crippen LogP contribution in [-0.4, -0.2) is 10.8 Å². The van der Waals surface area contributed by atoms with Crippen LogP contribution >= 0.6 is 0 Å². The molecule has 3 N–H and O–H groups in total. The van der Waals surface area contributed by atoms with E-state index in [1.165, 1.54) is 6.07 Å². The third-order valence-corrected chi connectivity index (χ3v) is 2.56. The molecule has 0 spiro atoms. The normalized spacial score (nSPS) is 9.89. The highest BCUT2D eigenvalue weighted by atomic mass is 16.6. The molecule has 0 aromatic heterocycles. The number of hydrogen-bond acceptors (Lipinski definition) is 4. The van der Waals surface area contributed by atoms with Crippen molar-refractivity contribution in [3.8, 4) is 0 Å². The zero-order valence-electron chi connectivity index (χ0n) is 9.87. The van der Waals surface area contributed by atoms with E-state index in [0.29, 0.717) is 11.4 Å². The van der Waals surface area contributed by atoms with Crippen LogP contribution in [0.15, 0.2) is 48.5 Å². The summed E-state index contributed by atoms with van der Waals surface area (Å²) in [6.45, 7) is 0. The summed E-state index contributed by atoms with van der Waals surface area (Å²) in [7, 11) is 0. The van der Waals surface area contributed by atoms with Gasteiger partial charge in [-0.25, -0.2) is 0 Å². The average molecular weight is 257 g/mol. The smallest absolute Gasteiger partial charge is 0.292 e. The van der Waals surface area contributed by atoms with Gasteiger partial charge < -0.3 is 11.1 Å². The molecule has 0 heterocycles. The molecule has 0 bridgehead atoms. The zero-order chi connectivity index (χ0) is 13.8. The number of carbonyl (C=O) groups is 1. The molecule has 6 heteroatoms. The number of nitrogens with zero attached hydrogens (tertiary/aromatic N) is 1. The molecule has 0 fully saturated rings. The summed E-state index contributed by atoms with van der Waals surface area (Å²) in [6.07, 6.45) is 0. The van der Waals surface area contributed by atoms with E-state index in [0.717, 1.165) is 0 Å². The van der Waals surface area contributed by atoms with Crippen molar-refractivity contribution < 1.29 is 9.72 Å². The van der Waals surface area contributed by atoms with E-state index in [4.69, 9.17) is 5.73 Å². The van der Waals surface area contributed by atoms with Gasteiger partial charge in [0.25, 0.3) is 11.6 Å². The summed E-state index contributed by atoms with van der Waals surface area (Å²) in [6, 6.07) is 12.8. The Bertz CT molecular complexity index is 585. The fourth-order valence-electron chi connectivity index (χ4n) is 1.69. The first-order chi connectivity index (χ1) is 9.09. The fraction of sp³-hybridized carbons (Fsp3) is 0. The quantitative estimate of drug-likeness (QED) is 0.649. The van der Waals surface area contributed by atoms with Crippen molar-refractivity contribution in [2.75, 3.05) is 5.32 Å². The topological polar surface area (TPSA) is 98.3 Å². The lowest BCUT2D eigenvalue weighted by atomic mass is 10.1. The van der Waals surface area contributed by atoms with E-state index in [2.05, 4.69) is 5.32 Å². The van der Waals surface area contributed by atoms with E-state index in [1.54, 1.807) is 42.5 Å². The summed E-state index contributed by atoms with van der Waals surface area (Å²) < 4.78 is 0. The number of amides is 1. The Balaban J connectivity index is 2.42. The summed E-state index contributed by atoms with van der Waals surface area (Å²) in [5.41, 5.74) is 6.21. The van der Waals surface area contributed by atoms with Crippen molar-refractivity contribution in [3.05, 3.63) is 64.2 Å². The van der Waals surface area contributed by atoms with Gasteiger partial charge in [-0.2, -0.15) is 0 Å². The predicted molar refractivity (Wildman–Crippen MR) is 71.3 cm³/mol. The minimum atomic E-state index is -0.596. The number of para-hydroxylation sites is 3. The van der Waals surface area contributed by atoms with Gasteiger partial charge in [0.15, 0.2) is 0 Å². The van der Waals surface area contributed by atoms with Gasteiger partial charge in [0.2, 0.25) is 0 Å². The molecule has 0 aliphatic heterocycles. The van der Waals surface area contributed by atoms with Crippen molar-refractivity contribution in [2.24, 2.45) is 5.73 Å². The van der Waals surface area contributed by atoms with Crippen LogP contribution in [0.5, 0.6) is 0 Å². The van der Waals surface area contributed by atoms with E-state index in [9.17, 15) is 14.9 Å².